The van der Waals surface area contributed by atoms with Crippen LogP contribution < -0.4 is 9.47 Å². The van der Waals surface area contributed by atoms with Crippen molar-refractivity contribution in [2.45, 2.75) is 20.1 Å². The van der Waals surface area contributed by atoms with Gasteiger partial charge in [-0.25, -0.2) is 9.37 Å². The largest absolute Gasteiger partial charge is 0.487 e. The van der Waals surface area contributed by atoms with Crippen molar-refractivity contribution in [3.63, 3.8) is 0 Å². The van der Waals surface area contributed by atoms with Crippen molar-refractivity contribution in [2.24, 2.45) is 0 Å². The van der Waals surface area contributed by atoms with E-state index < -0.39 is 0 Å². The SMILES string of the molecule is Cc1noc(COc2ccc(OCc3csc(-c4ccc(F)cc4)n3)cc2)n1. The summed E-state index contributed by atoms with van der Waals surface area (Å²) in [7, 11) is 0. The lowest BCUT2D eigenvalue weighted by atomic mass is 10.2. The predicted octanol–water partition coefficient (Wildman–Crippen LogP) is 4.80. The van der Waals surface area contributed by atoms with Crippen LogP contribution in [0.1, 0.15) is 17.4 Å². The van der Waals surface area contributed by atoms with E-state index in [-0.39, 0.29) is 12.4 Å². The summed E-state index contributed by atoms with van der Waals surface area (Å²) in [4.78, 5) is 8.61. The zero-order chi connectivity index (χ0) is 19.3. The summed E-state index contributed by atoms with van der Waals surface area (Å²) in [5.74, 6) is 2.13. The summed E-state index contributed by atoms with van der Waals surface area (Å²) >= 11 is 1.50. The highest BCUT2D eigenvalue weighted by molar-refractivity contribution is 7.13. The Kier molecular flexibility index (Phi) is 5.29. The molecule has 2 aromatic heterocycles. The van der Waals surface area contributed by atoms with Gasteiger partial charge in [0.1, 0.15) is 28.9 Å². The number of aryl methyl sites for hydroxylation is 1. The second kappa shape index (κ2) is 8.18. The fourth-order valence-corrected chi connectivity index (χ4v) is 3.24. The summed E-state index contributed by atoms with van der Waals surface area (Å²) in [6, 6.07) is 13.5. The molecule has 0 aliphatic heterocycles. The quantitative estimate of drug-likeness (QED) is 0.446. The van der Waals surface area contributed by atoms with Crippen molar-refractivity contribution in [1.29, 1.82) is 0 Å². The summed E-state index contributed by atoms with van der Waals surface area (Å²) in [5.41, 5.74) is 1.70. The molecule has 0 bridgehead atoms. The Morgan fingerprint density at radius 2 is 1.61 bits per heavy atom. The number of thiazole rings is 1. The highest BCUT2D eigenvalue weighted by atomic mass is 32.1. The maximum absolute atomic E-state index is 13.0. The summed E-state index contributed by atoms with van der Waals surface area (Å²) in [6.07, 6.45) is 0. The Hall–Kier alpha value is -3.26. The molecular formula is C20H16FN3O3S. The first-order valence-electron chi connectivity index (χ1n) is 8.51. The first kappa shape index (κ1) is 18.1. The van der Waals surface area contributed by atoms with Crippen molar-refractivity contribution in [2.75, 3.05) is 0 Å². The van der Waals surface area contributed by atoms with Crippen LogP contribution in [0.2, 0.25) is 0 Å². The van der Waals surface area contributed by atoms with Gasteiger partial charge in [0.2, 0.25) is 0 Å². The molecule has 4 rings (SSSR count). The fourth-order valence-electron chi connectivity index (χ4n) is 2.43. The number of aromatic nitrogens is 3. The summed E-state index contributed by atoms with van der Waals surface area (Å²) in [6.45, 7) is 2.31. The standard InChI is InChI=1S/C20H16FN3O3S/c1-13-22-19(27-24-13)11-26-18-8-6-17(7-9-18)25-10-16-12-28-20(23-16)14-2-4-15(21)5-3-14/h2-9,12H,10-11H2,1H3. The molecule has 0 saturated heterocycles. The average molecular weight is 397 g/mol. The van der Waals surface area contributed by atoms with Crippen LogP contribution in [0, 0.1) is 12.7 Å². The Balaban J connectivity index is 1.30. The first-order valence-corrected chi connectivity index (χ1v) is 9.39. The molecule has 0 spiro atoms. The number of nitrogens with zero attached hydrogens (tertiary/aromatic N) is 3. The molecule has 0 atom stereocenters. The van der Waals surface area contributed by atoms with Crippen LogP contribution in [-0.2, 0) is 13.2 Å². The number of benzene rings is 2. The minimum Gasteiger partial charge on any atom is -0.487 e. The second-order valence-electron chi connectivity index (χ2n) is 5.93. The van der Waals surface area contributed by atoms with E-state index in [1.165, 1.54) is 23.5 Å². The lowest BCUT2D eigenvalue weighted by molar-refractivity contribution is 0.242. The van der Waals surface area contributed by atoms with Gasteiger partial charge in [0.05, 0.1) is 5.69 Å². The summed E-state index contributed by atoms with van der Waals surface area (Å²) in [5, 5.41) is 6.48. The van der Waals surface area contributed by atoms with Gasteiger partial charge in [-0.2, -0.15) is 4.98 Å². The zero-order valence-electron chi connectivity index (χ0n) is 15.0. The van der Waals surface area contributed by atoms with E-state index in [1.54, 1.807) is 19.1 Å². The monoisotopic (exact) mass is 397 g/mol. The third kappa shape index (κ3) is 4.52. The zero-order valence-corrected chi connectivity index (χ0v) is 15.8. The third-order valence-corrected chi connectivity index (χ3v) is 4.73. The topological polar surface area (TPSA) is 70.3 Å². The Labute approximate surface area is 164 Å². The van der Waals surface area contributed by atoms with E-state index in [0.717, 1.165) is 16.3 Å². The maximum Gasteiger partial charge on any atom is 0.264 e. The number of ether oxygens (including phenoxy) is 2. The molecule has 142 valence electrons. The van der Waals surface area contributed by atoms with Crippen LogP contribution in [0.25, 0.3) is 10.6 Å². The average Bonchev–Trinajstić information content (AvgIpc) is 3.35. The van der Waals surface area contributed by atoms with Gasteiger partial charge in [0, 0.05) is 10.9 Å². The van der Waals surface area contributed by atoms with Crippen molar-refractivity contribution in [1.82, 2.24) is 15.1 Å². The van der Waals surface area contributed by atoms with Gasteiger partial charge in [-0.3, -0.25) is 0 Å². The molecule has 8 heteroatoms. The van der Waals surface area contributed by atoms with Crippen LogP contribution in [0.4, 0.5) is 4.39 Å². The molecule has 0 fully saturated rings. The number of hydrogen-bond acceptors (Lipinski definition) is 7. The van der Waals surface area contributed by atoms with Gasteiger partial charge in [-0.05, 0) is 55.5 Å². The van der Waals surface area contributed by atoms with Crippen molar-refractivity contribution < 1.29 is 18.4 Å². The van der Waals surface area contributed by atoms with E-state index in [0.29, 0.717) is 29.8 Å². The molecule has 0 unspecified atom stereocenters. The van der Waals surface area contributed by atoms with E-state index in [2.05, 4.69) is 15.1 Å². The summed E-state index contributed by atoms with van der Waals surface area (Å²) < 4.78 is 29.4. The highest BCUT2D eigenvalue weighted by Gasteiger charge is 2.07. The molecule has 0 aliphatic rings. The Bertz CT molecular complexity index is 1050. The Morgan fingerprint density at radius 1 is 0.929 bits per heavy atom. The second-order valence-corrected chi connectivity index (χ2v) is 6.79. The molecule has 28 heavy (non-hydrogen) atoms. The van der Waals surface area contributed by atoms with Crippen LogP contribution in [-0.4, -0.2) is 15.1 Å². The van der Waals surface area contributed by atoms with Gasteiger partial charge in [-0.1, -0.05) is 5.16 Å². The van der Waals surface area contributed by atoms with Crippen LogP contribution in [0.15, 0.2) is 58.4 Å². The highest BCUT2D eigenvalue weighted by Crippen LogP contribution is 2.25. The minimum absolute atomic E-state index is 0.214. The fraction of sp³-hybridized carbons (Fsp3) is 0.150. The molecule has 4 aromatic rings. The van der Waals surface area contributed by atoms with Crippen LogP contribution in [0.3, 0.4) is 0 Å². The van der Waals surface area contributed by atoms with E-state index in [9.17, 15) is 4.39 Å². The van der Waals surface area contributed by atoms with Crippen LogP contribution in [0.5, 0.6) is 11.5 Å². The lowest BCUT2D eigenvalue weighted by Crippen LogP contribution is -1.97. The molecule has 6 nitrogen and oxygen atoms in total. The number of hydrogen-bond donors (Lipinski definition) is 0. The Morgan fingerprint density at radius 3 is 2.25 bits per heavy atom. The van der Waals surface area contributed by atoms with Gasteiger partial charge >= 0.3 is 0 Å². The third-order valence-electron chi connectivity index (χ3n) is 3.79. The maximum atomic E-state index is 13.0. The predicted molar refractivity (Wildman–Crippen MR) is 102 cm³/mol. The van der Waals surface area contributed by atoms with E-state index >= 15 is 0 Å². The van der Waals surface area contributed by atoms with E-state index in [1.807, 2.05) is 29.6 Å². The molecule has 0 aliphatic carbocycles. The van der Waals surface area contributed by atoms with Gasteiger partial charge < -0.3 is 14.0 Å². The van der Waals surface area contributed by atoms with Crippen molar-refractivity contribution >= 4 is 11.3 Å². The number of rotatable bonds is 7. The van der Waals surface area contributed by atoms with Gasteiger partial charge in [0.25, 0.3) is 5.89 Å². The normalized spacial score (nSPS) is 10.8. The lowest BCUT2D eigenvalue weighted by Gasteiger charge is -2.06. The molecular weight excluding hydrogens is 381 g/mol. The van der Waals surface area contributed by atoms with Gasteiger partial charge in [0.15, 0.2) is 12.4 Å². The van der Waals surface area contributed by atoms with Crippen LogP contribution >= 0.6 is 11.3 Å². The molecule has 2 aromatic carbocycles. The van der Waals surface area contributed by atoms with Gasteiger partial charge in [-0.15, -0.1) is 11.3 Å². The smallest absolute Gasteiger partial charge is 0.264 e. The molecule has 0 amide bonds. The molecule has 0 saturated carbocycles. The first-order chi connectivity index (χ1) is 13.7. The molecule has 0 radical (unpaired) electrons. The van der Waals surface area contributed by atoms with E-state index in [4.69, 9.17) is 14.0 Å². The molecule has 2 heterocycles. The van der Waals surface area contributed by atoms with Crippen molar-refractivity contribution in [3.05, 3.63) is 77.1 Å². The number of halogens is 1. The molecule has 0 N–H and O–H groups in total. The minimum atomic E-state index is -0.261. The van der Waals surface area contributed by atoms with Crippen molar-refractivity contribution in [3.8, 4) is 22.1 Å².